The maximum absolute atomic E-state index is 11.8. The average molecular weight is 301 g/mol. The fraction of sp³-hybridized carbons (Fsp3) is 0.0625. The summed E-state index contributed by atoms with van der Waals surface area (Å²) in [6, 6.07) is 16.0. The van der Waals surface area contributed by atoms with E-state index in [-0.39, 0.29) is 4.90 Å². The molecule has 0 bridgehead atoms. The van der Waals surface area contributed by atoms with Crippen LogP contribution in [0.2, 0.25) is 0 Å². The zero-order chi connectivity index (χ0) is 15.1. The van der Waals surface area contributed by atoms with Crippen molar-refractivity contribution < 1.29 is 12.7 Å². The van der Waals surface area contributed by atoms with Gasteiger partial charge in [-0.05, 0) is 30.7 Å². The summed E-state index contributed by atoms with van der Waals surface area (Å²) in [7, 11) is -3.85. The topological polar surface area (TPSA) is 55.7 Å². The van der Waals surface area contributed by atoms with Crippen molar-refractivity contribution in [2.75, 3.05) is 0 Å². The molecule has 2 aromatic carbocycles. The number of benzene rings is 2. The van der Waals surface area contributed by atoms with Gasteiger partial charge in [0, 0.05) is 0 Å². The molecule has 0 N–H and O–H groups in total. The Morgan fingerprint density at radius 1 is 1.00 bits per heavy atom. The maximum atomic E-state index is 11.8. The molecule has 4 nitrogen and oxygen atoms in total. The van der Waals surface area contributed by atoms with Crippen molar-refractivity contribution in [3.05, 3.63) is 71.8 Å². The summed E-state index contributed by atoms with van der Waals surface area (Å²) in [4.78, 5) is 0.0808. The third-order valence-electron chi connectivity index (χ3n) is 2.69. The van der Waals surface area contributed by atoms with Crippen LogP contribution in [0.4, 0.5) is 0 Å². The standard InChI is InChI=1S/C16H15NO3S/c1-14-9-11-16(12-10-14)21(18,19)20-17-13-5-8-15-6-3-2-4-7-15/h2-13H,1H3/b8-5+,17-13+. The molecule has 0 atom stereocenters. The lowest BCUT2D eigenvalue weighted by Crippen LogP contribution is -2.02. The Kier molecular flexibility index (Phi) is 4.90. The molecular weight excluding hydrogens is 286 g/mol. The van der Waals surface area contributed by atoms with Gasteiger partial charge in [-0.15, -0.1) is 0 Å². The SMILES string of the molecule is Cc1ccc(S(=O)(=O)O/N=C/C=C/c2ccccc2)cc1. The highest BCUT2D eigenvalue weighted by molar-refractivity contribution is 7.86. The van der Waals surface area contributed by atoms with Crippen molar-refractivity contribution in [2.24, 2.45) is 5.16 Å². The first-order valence-electron chi connectivity index (χ1n) is 6.33. The molecule has 2 rings (SSSR count). The number of aryl methyl sites for hydroxylation is 1. The summed E-state index contributed by atoms with van der Waals surface area (Å²) in [5.41, 5.74) is 1.97. The number of hydrogen-bond acceptors (Lipinski definition) is 4. The first kappa shape index (κ1) is 15.0. The van der Waals surface area contributed by atoms with E-state index in [0.717, 1.165) is 11.1 Å². The number of nitrogens with zero attached hydrogens (tertiary/aromatic N) is 1. The van der Waals surface area contributed by atoms with Crippen LogP contribution < -0.4 is 0 Å². The first-order chi connectivity index (χ1) is 10.1. The minimum atomic E-state index is -3.85. The summed E-state index contributed by atoms with van der Waals surface area (Å²) in [6.45, 7) is 1.88. The Morgan fingerprint density at radius 2 is 1.67 bits per heavy atom. The van der Waals surface area contributed by atoms with E-state index in [9.17, 15) is 8.42 Å². The summed E-state index contributed by atoms with van der Waals surface area (Å²) in [5, 5.41) is 3.46. The minimum absolute atomic E-state index is 0.0808. The van der Waals surface area contributed by atoms with E-state index in [1.807, 2.05) is 37.3 Å². The lowest BCUT2D eigenvalue weighted by molar-refractivity contribution is 0.341. The summed E-state index contributed by atoms with van der Waals surface area (Å²) < 4.78 is 28.2. The predicted molar refractivity (Wildman–Crippen MR) is 83.4 cm³/mol. The van der Waals surface area contributed by atoms with Crippen LogP contribution in [0.5, 0.6) is 0 Å². The van der Waals surface area contributed by atoms with Gasteiger partial charge in [-0.3, -0.25) is 4.28 Å². The maximum Gasteiger partial charge on any atom is 0.358 e. The molecule has 0 aromatic heterocycles. The van der Waals surface area contributed by atoms with Gasteiger partial charge in [0.25, 0.3) is 0 Å². The zero-order valence-corrected chi connectivity index (χ0v) is 12.3. The third kappa shape index (κ3) is 4.57. The van der Waals surface area contributed by atoms with Crippen LogP contribution in [0.1, 0.15) is 11.1 Å². The Bertz CT molecular complexity index is 733. The van der Waals surface area contributed by atoms with Crippen LogP contribution in [0.25, 0.3) is 6.08 Å². The normalized spacial score (nSPS) is 12.0. The second-order valence-electron chi connectivity index (χ2n) is 4.37. The molecule has 21 heavy (non-hydrogen) atoms. The van der Waals surface area contributed by atoms with Crippen molar-refractivity contribution in [1.82, 2.24) is 0 Å². The van der Waals surface area contributed by atoms with Gasteiger partial charge in [-0.2, -0.15) is 8.42 Å². The highest BCUT2D eigenvalue weighted by Gasteiger charge is 2.14. The Balaban J connectivity index is 1.97. The Morgan fingerprint density at radius 3 is 2.33 bits per heavy atom. The predicted octanol–water partition coefficient (Wildman–Crippen LogP) is 3.40. The third-order valence-corrected chi connectivity index (χ3v) is 3.82. The minimum Gasteiger partial charge on any atom is -0.265 e. The lowest BCUT2D eigenvalue weighted by atomic mass is 10.2. The van der Waals surface area contributed by atoms with Gasteiger partial charge in [0.1, 0.15) is 4.90 Å². The van der Waals surface area contributed by atoms with Crippen molar-refractivity contribution in [3.63, 3.8) is 0 Å². The molecule has 0 saturated carbocycles. The van der Waals surface area contributed by atoms with Gasteiger partial charge < -0.3 is 0 Å². The average Bonchev–Trinajstić information content (AvgIpc) is 2.48. The second-order valence-corrected chi connectivity index (χ2v) is 5.89. The molecule has 0 aliphatic rings. The van der Waals surface area contributed by atoms with Crippen LogP contribution in [-0.2, 0) is 14.4 Å². The fourth-order valence-electron chi connectivity index (χ4n) is 1.58. The highest BCUT2D eigenvalue weighted by Crippen LogP contribution is 2.13. The molecule has 5 heteroatoms. The zero-order valence-electron chi connectivity index (χ0n) is 11.5. The first-order valence-corrected chi connectivity index (χ1v) is 7.74. The Hall–Kier alpha value is -2.40. The summed E-state index contributed by atoms with van der Waals surface area (Å²) in [5.74, 6) is 0. The van der Waals surface area contributed by atoms with Crippen LogP contribution in [-0.4, -0.2) is 14.6 Å². The van der Waals surface area contributed by atoms with Crippen LogP contribution in [0, 0.1) is 6.92 Å². The van der Waals surface area contributed by atoms with E-state index in [2.05, 4.69) is 9.44 Å². The van der Waals surface area contributed by atoms with E-state index in [1.165, 1.54) is 18.3 Å². The molecule has 2 aromatic rings. The molecule has 0 radical (unpaired) electrons. The summed E-state index contributed by atoms with van der Waals surface area (Å²) >= 11 is 0. The smallest absolute Gasteiger partial charge is 0.265 e. The van der Waals surface area contributed by atoms with Gasteiger partial charge >= 0.3 is 10.1 Å². The van der Waals surface area contributed by atoms with Gasteiger partial charge in [-0.1, -0.05) is 59.3 Å². The van der Waals surface area contributed by atoms with E-state index in [1.54, 1.807) is 24.3 Å². The number of oxime groups is 1. The number of allylic oxidation sites excluding steroid dienone is 1. The van der Waals surface area contributed by atoms with Gasteiger partial charge in [-0.25, -0.2) is 0 Å². The van der Waals surface area contributed by atoms with Crippen molar-refractivity contribution in [3.8, 4) is 0 Å². The van der Waals surface area contributed by atoms with E-state index >= 15 is 0 Å². The fourth-order valence-corrected chi connectivity index (χ4v) is 2.30. The van der Waals surface area contributed by atoms with Crippen molar-refractivity contribution in [1.29, 1.82) is 0 Å². The Labute approximate surface area is 124 Å². The van der Waals surface area contributed by atoms with Crippen LogP contribution >= 0.6 is 0 Å². The van der Waals surface area contributed by atoms with Crippen LogP contribution in [0.3, 0.4) is 0 Å². The van der Waals surface area contributed by atoms with Gasteiger partial charge in [0.15, 0.2) is 0 Å². The molecule has 0 fully saturated rings. The largest absolute Gasteiger partial charge is 0.358 e. The molecule has 0 heterocycles. The molecule has 0 spiro atoms. The molecule has 0 aliphatic heterocycles. The number of rotatable bonds is 5. The molecule has 0 saturated heterocycles. The van der Waals surface area contributed by atoms with Crippen molar-refractivity contribution >= 4 is 22.4 Å². The molecule has 0 amide bonds. The molecular formula is C16H15NO3S. The molecule has 0 aliphatic carbocycles. The monoisotopic (exact) mass is 301 g/mol. The van der Waals surface area contributed by atoms with Gasteiger partial charge in [0.2, 0.25) is 0 Å². The van der Waals surface area contributed by atoms with Crippen LogP contribution in [0.15, 0.2) is 70.7 Å². The highest BCUT2D eigenvalue weighted by atomic mass is 32.2. The summed E-state index contributed by atoms with van der Waals surface area (Å²) in [6.07, 6.45) is 4.70. The molecule has 0 unspecified atom stereocenters. The van der Waals surface area contributed by atoms with Crippen molar-refractivity contribution in [2.45, 2.75) is 11.8 Å². The lowest BCUT2D eigenvalue weighted by Gasteiger charge is -2.00. The molecule has 108 valence electrons. The van der Waals surface area contributed by atoms with E-state index in [0.29, 0.717) is 0 Å². The second kappa shape index (κ2) is 6.85. The van der Waals surface area contributed by atoms with E-state index in [4.69, 9.17) is 0 Å². The quantitative estimate of drug-likeness (QED) is 0.628. The number of hydrogen-bond donors (Lipinski definition) is 0. The van der Waals surface area contributed by atoms with Gasteiger partial charge in [0.05, 0.1) is 6.21 Å². The van der Waals surface area contributed by atoms with E-state index < -0.39 is 10.1 Å².